The van der Waals surface area contributed by atoms with Crippen LogP contribution >= 0.6 is 0 Å². The van der Waals surface area contributed by atoms with Crippen LogP contribution in [0.4, 0.5) is 0 Å². The Hall–Kier alpha value is -2.04. The molecule has 0 aliphatic rings. The second kappa shape index (κ2) is 4.86. The number of aromatic nitrogens is 4. The second-order valence-corrected chi connectivity index (χ2v) is 3.81. The molecule has 2 aromatic heterocycles. The van der Waals surface area contributed by atoms with E-state index in [-0.39, 0.29) is 5.78 Å². The lowest BCUT2D eigenvalue weighted by molar-refractivity contribution is 0.103. The van der Waals surface area contributed by atoms with Gasteiger partial charge in [-0.05, 0) is 19.4 Å². The standard InChI is InChI=1S/C12H14N4O/c1-3-6-16-8-10(7-14-16)12(17)11-4-5-13-9(2)15-11/h4-5,7-8H,3,6H2,1-2H3. The summed E-state index contributed by atoms with van der Waals surface area (Å²) in [6, 6.07) is 1.62. The summed E-state index contributed by atoms with van der Waals surface area (Å²) in [6.07, 6.45) is 5.91. The maximum atomic E-state index is 12.1. The Bertz CT molecular complexity index is 533. The van der Waals surface area contributed by atoms with E-state index in [2.05, 4.69) is 22.0 Å². The van der Waals surface area contributed by atoms with Gasteiger partial charge in [0.15, 0.2) is 0 Å². The number of rotatable bonds is 4. The molecule has 0 saturated carbocycles. The molecule has 0 bridgehead atoms. The summed E-state index contributed by atoms with van der Waals surface area (Å²) >= 11 is 0. The van der Waals surface area contributed by atoms with Crippen LogP contribution in [0.25, 0.3) is 0 Å². The molecule has 0 fully saturated rings. The van der Waals surface area contributed by atoms with Gasteiger partial charge in [0.2, 0.25) is 5.78 Å². The molecule has 0 atom stereocenters. The first kappa shape index (κ1) is 11.4. The number of carbonyl (C=O) groups excluding carboxylic acids is 1. The Balaban J connectivity index is 2.24. The molecule has 0 aliphatic carbocycles. The van der Waals surface area contributed by atoms with Crippen LogP contribution in [0.15, 0.2) is 24.7 Å². The van der Waals surface area contributed by atoms with Gasteiger partial charge in [-0.1, -0.05) is 6.92 Å². The number of carbonyl (C=O) groups is 1. The van der Waals surface area contributed by atoms with E-state index in [0.29, 0.717) is 17.1 Å². The van der Waals surface area contributed by atoms with Crippen LogP contribution in [0, 0.1) is 6.92 Å². The molecule has 0 N–H and O–H groups in total. The number of hydrogen-bond acceptors (Lipinski definition) is 4. The smallest absolute Gasteiger partial charge is 0.214 e. The van der Waals surface area contributed by atoms with E-state index in [1.54, 1.807) is 36.3 Å². The Morgan fingerprint density at radius 1 is 1.47 bits per heavy atom. The molecule has 0 radical (unpaired) electrons. The van der Waals surface area contributed by atoms with Crippen LogP contribution in [0.1, 0.15) is 35.2 Å². The Labute approximate surface area is 99.5 Å². The molecule has 88 valence electrons. The van der Waals surface area contributed by atoms with Gasteiger partial charge in [-0.2, -0.15) is 5.10 Å². The second-order valence-electron chi connectivity index (χ2n) is 3.81. The van der Waals surface area contributed by atoms with Gasteiger partial charge in [0, 0.05) is 18.9 Å². The molecule has 5 heteroatoms. The zero-order valence-electron chi connectivity index (χ0n) is 9.92. The number of aryl methyl sites for hydroxylation is 2. The van der Waals surface area contributed by atoms with Gasteiger partial charge < -0.3 is 0 Å². The molecule has 2 heterocycles. The summed E-state index contributed by atoms with van der Waals surface area (Å²) in [7, 11) is 0. The molecule has 0 aromatic carbocycles. The Morgan fingerprint density at radius 3 is 3.00 bits per heavy atom. The molecule has 2 aromatic rings. The highest BCUT2D eigenvalue weighted by Crippen LogP contribution is 2.07. The van der Waals surface area contributed by atoms with E-state index >= 15 is 0 Å². The normalized spacial score (nSPS) is 10.5. The quantitative estimate of drug-likeness (QED) is 0.749. The van der Waals surface area contributed by atoms with E-state index < -0.39 is 0 Å². The maximum absolute atomic E-state index is 12.1. The third-order valence-electron chi connectivity index (χ3n) is 2.36. The van der Waals surface area contributed by atoms with Crippen LogP contribution < -0.4 is 0 Å². The highest BCUT2D eigenvalue weighted by Gasteiger charge is 2.12. The summed E-state index contributed by atoms with van der Waals surface area (Å²) < 4.78 is 1.77. The highest BCUT2D eigenvalue weighted by molar-refractivity contribution is 6.07. The first-order valence-corrected chi connectivity index (χ1v) is 5.57. The van der Waals surface area contributed by atoms with Crippen molar-refractivity contribution in [1.29, 1.82) is 0 Å². The van der Waals surface area contributed by atoms with Crippen molar-refractivity contribution >= 4 is 5.78 Å². The first-order valence-electron chi connectivity index (χ1n) is 5.57. The predicted octanol–water partition coefficient (Wildman–Crippen LogP) is 1.62. The molecular weight excluding hydrogens is 216 g/mol. The van der Waals surface area contributed by atoms with E-state index in [1.165, 1.54) is 0 Å². The van der Waals surface area contributed by atoms with Crippen LogP contribution in [0.2, 0.25) is 0 Å². The zero-order chi connectivity index (χ0) is 12.3. The van der Waals surface area contributed by atoms with Crippen LogP contribution in [0.3, 0.4) is 0 Å². The van der Waals surface area contributed by atoms with Gasteiger partial charge in [-0.25, -0.2) is 9.97 Å². The topological polar surface area (TPSA) is 60.7 Å². The van der Waals surface area contributed by atoms with Gasteiger partial charge in [-0.3, -0.25) is 9.48 Å². The SMILES string of the molecule is CCCn1cc(C(=O)c2ccnc(C)n2)cn1. The summed E-state index contributed by atoms with van der Waals surface area (Å²) in [6.45, 7) is 4.64. The predicted molar refractivity (Wildman–Crippen MR) is 62.7 cm³/mol. The van der Waals surface area contributed by atoms with Crippen molar-refractivity contribution in [3.63, 3.8) is 0 Å². The zero-order valence-corrected chi connectivity index (χ0v) is 9.92. The van der Waals surface area contributed by atoms with Gasteiger partial charge in [0.05, 0.1) is 11.8 Å². The number of hydrogen-bond donors (Lipinski definition) is 0. The lowest BCUT2D eigenvalue weighted by atomic mass is 10.2. The van der Waals surface area contributed by atoms with Crippen molar-refractivity contribution < 1.29 is 4.79 Å². The third kappa shape index (κ3) is 2.55. The van der Waals surface area contributed by atoms with E-state index in [4.69, 9.17) is 0 Å². The lowest BCUT2D eigenvalue weighted by Crippen LogP contribution is -2.05. The fourth-order valence-electron chi connectivity index (χ4n) is 1.56. The third-order valence-corrected chi connectivity index (χ3v) is 2.36. The van der Waals surface area contributed by atoms with Crippen molar-refractivity contribution in [2.24, 2.45) is 0 Å². The molecule has 17 heavy (non-hydrogen) atoms. The highest BCUT2D eigenvalue weighted by atomic mass is 16.1. The molecule has 0 spiro atoms. The van der Waals surface area contributed by atoms with Crippen LogP contribution in [0.5, 0.6) is 0 Å². The molecule has 0 unspecified atom stereocenters. The minimum Gasteiger partial charge on any atom is -0.287 e. The van der Waals surface area contributed by atoms with E-state index in [9.17, 15) is 4.79 Å². The number of nitrogens with zero attached hydrogens (tertiary/aromatic N) is 4. The Kier molecular flexibility index (Phi) is 3.27. The minimum absolute atomic E-state index is 0.113. The molecule has 0 saturated heterocycles. The van der Waals surface area contributed by atoms with Crippen molar-refractivity contribution in [1.82, 2.24) is 19.7 Å². The van der Waals surface area contributed by atoms with Crippen LogP contribution in [-0.2, 0) is 6.54 Å². The molecule has 2 rings (SSSR count). The fraction of sp³-hybridized carbons (Fsp3) is 0.333. The van der Waals surface area contributed by atoms with Crippen molar-refractivity contribution in [3.05, 3.63) is 41.7 Å². The molecule has 0 aliphatic heterocycles. The Morgan fingerprint density at radius 2 is 2.29 bits per heavy atom. The van der Waals surface area contributed by atoms with Gasteiger partial charge in [0.1, 0.15) is 11.5 Å². The summed E-state index contributed by atoms with van der Waals surface area (Å²) in [5, 5.41) is 4.13. The number of ketones is 1. The van der Waals surface area contributed by atoms with Crippen LogP contribution in [-0.4, -0.2) is 25.5 Å². The molecule has 0 amide bonds. The van der Waals surface area contributed by atoms with Crippen molar-refractivity contribution in [2.45, 2.75) is 26.8 Å². The van der Waals surface area contributed by atoms with Gasteiger partial charge in [0.25, 0.3) is 0 Å². The first-order chi connectivity index (χ1) is 8.20. The maximum Gasteiger partial charge on any atom is 0.214 e. The van der Waals surface area contributed by atoms with Gasteiger partial charge in [-0.15, -0.1) is 0 Å². The van der Waals surface area contributed by atoms with Gasteiger partial charge >= 0.3 is 0 Å². The summed E-state index contributed by atoms with van der Waals surface area (Å²) in [4.78, 5) is 20.1. The average molecular weight is 230 g/mol. The monoisotopic (exact) mass is 230 g/mol. The largest absolute Gasteiger partial charge is 0.287 e. The van der Waals surface area contributed by atoms with E-state index in [1.807, 2.05) is 0 Å². The fourth-order valence-corrected chi connectivity index (χ4v) is 1.56. The van der Waals surface area contributed by atoms with Crippen molar-refractivity contribution in [2.75, 3.05) is 0 Å². The average Bonchev–Trinajstić information content (AvgIpc) is 2.77. The lowest BCUT2D eigenvalue weighted by Gasteiger charge is -1.98. The molecular formula is C12H14N4O. The summed E-state index contributed by atoms with van der Waals surface area (Å²) in [5.74, 6) is 0.481. The summed E-state index contributed by atoms with van der Waals surface area (Å²) in [5.41, 5.74) is 0.977. The van der Waals surface area contributed by atoms with Crippen molar-refractivity contribution in [3.8, 4) is 0 Å². The minimum atomic E-state index is -0.113. The molecule has 5 nitrogen and oxygen atoms in total. The van der Waals surface area contributed by atoms with E-state index in [0.717, 1.165) is 13.0 Å².